The minimum atomic E-state index is -1.44. The van der Waals surface area contributed by atoms with Crippen molar-refractivity contribution < 1.29 is 15.0 Å². The SMILES string of the molecule is O=CCCN(CCC(O)O)N=O. The van der Waals surface area contributed by atoms with Gasteiger partial charge in [0.15, 0.2) is 6.29 Å². The van der Waals surface area contributed by atoms with Crippen LogP contribution in [0.5, 0.6) is 0 Å². The molecule has 0 heterocycles. The number of nitroso groups, excluding NO2 is 1. The number of carbonyl (C=O) groups excluding carboxylic acids is 1. The second-order valence-corrected chi connectivity index (χ2v) is 2.26. The summed E-state index contributed by atoms with van der Waals surface area (Å²) in [7, 11) is 0. The van der Waals surface area contributed by atoms with Gasteiger partial charge in [0.25, 0.3) is 0 Å². The normalized spacial score (nSPS) is 9.92. The fourth-order valence-corrected chi connectivity index (χ4v) is 0.660. The number of hydrogen-bond acceptors (Lipinski definition) is 5. The summed E-state index contributed by atoms with van der Waals surface area (Å²) in [6.07, 6.45) is -0.503. The molecule has 6 heteroatoms. The lowest BCUT2D eigenvalue weighted by molar-refractivity contribution is -0.108. The summed E-state index contributed by atoms with van der Waals surface area (Å²) in [4.78, 5) is 19.9. The van der Waals surface area contributed by atoms with E-state index in [1.807, 2.05) is 0 Å². The van der Waals surface area contributed by atoms with E-state index in [0.29, 0.717) is 6.29 Å². The van der Waals surface area contributed by atoms with Crippen LogP contribution in [0.15, 0.2) is 5.29 Å². The van der Waals surface area contributed by atoms with Crippen LogP contribution in [0.2, 0.25) is 0 Å². The van der Waals surface area contributed by atoms with Crippen LogP contribution in [0.3, 0.4) is 0 Å². The minimum absolute atomic E-state index is 0.0462. The third-order valence-electron chi connectivity index (χ3n) is 1.27. The van der Waals surface area contributed by atoms with E-state index >= 15 is 0 Å². The molecule has 0 rings (SSSR count). The van der Waals surface area contributed by atoms with Gasteiger partial charge in [-0.25, -0.2) is 0 Å². The Hall–Kier alpha value is -1.01. The molecule has 2 N–H and O–H groups in total. The number of aldehydes is 1. The maximum Gasteiger partial charge on any atom is 0.153 e. The monoisotopic (exact) mass is 176 g/mol. The molecule has 0 bridgehead atoms. The molecule has 0 saturated heterocycles. The molecule has 0 fully saturated rings. The van der Waals surface area contributed by atoms with Crippen LogP contribution < -0.4 is 0 Å². The van der Waals surface area contributed by atoms with E-state index < -0.39 is 6.29 Å². The summed E-state index contributed by atoms with van der Waals surface area (Å²) < 4.78 is 0. The van der Waals surface area contributed by atoms with E-state index in [1.165, 1.54) is 0 Å². The van der Waals surface area contributed by atoms with Crippen LogP contribution in [0.25, 0.3) is 0 Å². The highest BCUT2D eigenvalue weighted by molar-refractivity contribution is 5.49. The molecule has 0 aliphatic rings. The van der Waals surface area contributed by atoms with Gasteiger partial charge in [-0.1, -0.05) is 0 Å². The van der Waals surface area contributed by atoms with Crippen LogP contribution in [-0.2, 0) is 4.79 Å². The first kappa shape index (κ1) is 11.0. The van der Waals surface area contributed by atoms with E-state index in [1.54, 1.807) is 0 Å². The lowest BCUT2D eigenvalue weighted by Crippen LogP contribution is -2.23. The topological polar surface area (TPSA) is 90.2 Å². The molecule has 0 aromatic rings. The number of aliphatic hydroxyl groups is 2. The zero-order valence-electron chi connectivity index (χ0n) is 6.59. The smallest absolute Gasteiger partial charge is 0.153 e. The highest BCUT2D eigenvalue weighted by Crippen LogP contribution is 1.95. The van der Waals surface area contributed by atoms with E-state index in [-0.39, 0.29) is 25.9 Å². The summed E-state index contributed by atoms with van der Waals surface area (Å²) >= 11 is 0. The molecular weight excluding hydrogens is 164 g/mol. The quantitative estimate of drug-likeness (QED) is 0.231. The van der Waals surface area contributed by atoms with Gasteiger partial charge in [0.05, 0.1) is 5.29 Å². The summed E-state index contributed by atoms with van der Waals surface area (Å²) in [5.41, 5.74) is 0. The molecule has 0 aromatic heterocycles. The predicted molar refractivity (Wildman–Crippen MR) is 40.9 cm³/mol. The van der Waals surface area contributed by atoms with Crippen LogP contribution in [0, 0.1) is 4.91 Å². The molecule has 12 heavy (non-hydrogen) atoms. The van der Waals surface area contributed by atoms with Crippen molar-refractivity contribution >= 4 is 6.29 Å². The van der Waals surface area contributed by atoms with Gasteiger partial charge in [0.1, 0.15) is 6.29 Å². The third-order valence-corrected chi connectivity index (χ3v) is 1.27. The first-order valence-corrected chi connectivity index (χ1v) is 3.58. The number of carbonyl (C=O) groups is 1. The Morgan fingerprint density at radius 1 is 1.42 bits per heavy atom. The van der Waals surface area contributed by atoms with Crippen LogP contribution in [-0.4, -0.2) is 40.9 Å². The molecular formula is C6H12N2O4. The fraction of sp³-hybridized carbons (Fsp3) is 0.833. The number of nitrogens with zero attached hydrogens (tertiary/aromatic N) is 2. The number of aliphatic hydroxyl groups excluding tert-OH is 1. The third kappa shape index (κ3) is 5.75. The Morgan fingerprint density at radius 3 is 2.50 bits per heavy atom. The first-order chi connectivity index (χ1) is 5.70. The Bertz CT molecular complexity index is 140. The standard InChI is InChI=1S/C6H12N2O4/c9-5-1-3-8(7-12)4-2-6(10)11/h5-6,10-11H,1-4H2. The first-order valence-electron chi connectivity index (χ1n) is 3.58. The molecule has 0 spiro atoms. The minimum Gasteiger partial charge on any atom is -0.368 e. The van der Waals surface area contributed by atoms with Gasteiger partial charge in [-0.15, -0.1) is 4.91 Å². The van der Waals surface area contributed by atoms with E-state index in [9.17, 15) is 9.70 Å². The Labute approximate surface area is 69.7 Å². The lowest BCUT2D eigenvalue weighted by atomic mass is 10.4. The van der Waals surface area contributed by atoms with Gasteiger partial charge in [-0.2, -0.15) is 0 Å². The molecule has 0 aliphatic carbocycles. The number of hydrogen-bond donors (Lipinski definition) is 2. The summed E-state index contributed by atoms with van der Waals surface area (Å²) in [6.45, 7) is 0.370. The van der Waals surface area contributed by atoms with Crippen LogP contribution in [0.1, 0.15) is 12.8 Å². The zero-order valence-corrected chi connectivity index (χ0v) is 6.59. The molecule has 0 unspecified atom stereocenters. The van der Waals surface area contributed by atoms with Crippen molar-refractivity contribution in [1.29, 1.82) is 0 Å². The van der Waals surface area contributed by atoms with E-state index in [2.05, 4.69) is 5.29 Å². The summed E-state index contributed by atoms with van der Waals surface area (Å²) in [5.74, 6) is 0. The Balaban J connectivity index is 3.52. The molecule has 0 aromatic carbocycles. The second-order valence-electron chi connectivity index (χ2n) is 2.26. The van der Waals surface area contributed by atoms with Crippen molar-refractivity contribution in [3.8, 4) is 0 Å². The van der Waals surface area contributed by atoms with Crippen molar-refractivity contribution in [2.75, 3.05) is 13.1 Å². The summed E-state index contributed by atoms with van der Waals surface area (Å²) in [5, 5.41) is 20.6. The molecule has 6 nitrogen and oxygen atoms in total. The maximum absolute atomic E-state index is 10.0. The Morgan fingerprint density at radius 2 is 2.08 bits per heavy atom. The molecule has 0 radical (unpaired) electrons. The molecule has 0 saturated carbocycles. The van der Waals surface area contributed by atoms with Gasteiger partial charge in [-0.3, -0.25) is 5.01 Å². The highest BCUT2D eigenvalue weighted by atomic mass is 16.5. The van der Waals surface area contributed by atoms with E-state index in [4.69, 9.17) is 10.2 Å². The van der Waals surface area contributed by atoms with Crippen LogP contribution in [0.4, 0.5) is 0 Å². The van der Waals surface area contributed by atoms with Gasteiger partial charge < -0.3 is 15.0 Å². The average molecular weight is 176 g/mol. The van der Waals surface area contributed by atoms with Crippen molar-refractivity contribution in [2.24, 2.45) is 5.29 Å². The predicted octanol–water partition coefficient (Wildman–Crippen LogP) is -0.740. The maximum atomic E-state index is 10.0. The Kier molecular flexibility index (Phi) is 6.12. The second kappa shape index (κ2) is 6.68. The highest BCUT2D eigenvalue weighted by Gasteiger charge is 2.04. The van der Waals surface area contributed by atoms with Crippen molar-refractivity contribution in [3.05, 3.63) is 4.91 Å². The van der Waals surface area contributed by atoms with E-state index in [0.717, 1.165) is 5.01 Å². The van der Waals surface area contributed by atoms with Crippen molar-refractivity contribution in [3.63, 3.8) is 0 Å². The zero-order chi connectivity index (χ0) is 9.40. The molecule has 0 atom stereocenters. The molecule has 70 valence electrons. The largest absolute Gasteiger partial charge is 0.368 e. The van der Waals surface area contributed by atoms with Crippen molar-refractivity contribution in [1.82, 2.24) is 5.01 Å². The van der Waals surface area contributed by atoms with Gasteiger partial charge >= 0.3 is 0 Å². The van der Waals surface area contributed by atoms with Gasteiger partial charge in [0.2, 0.25) is 0 Å². The van der Waals surface area contributed by atoms with Crippen molar-refractivity contribution in [2.45, 2.75) is 19.1 Å². The van der Waals surface area contributed by atoms with Crippen LogP contribution >= 0.6 is 0 Å². The van der Waals surface area contributed by atoms with Gasteiger partial charge in [-0.05, 0) is 0 Å². The molecule has 0 aliphatic heterocycles. The fourth-order valence-electron chi connectivity index (χ4n) is 0.660. The van der Waals surface area contributed by atoms with Gasteiger partial charge in [0, 0.05) is 25.9 Å². The number of rotatable bonds is 7. The lowest BCUT2D eigenvalue weighted by Gasteiger charge is -2.13. The molecule has 0 amide bonds. The average Bonchev–Trinajstić information content (AvgIpc) is 2.05. The summed E-state index contributed by atoms with van der Waals surface area (Å²) in [6, 6.07) is 0.